The molecule has 108 valence electrons. The first kappa shape index (κ1) is 14.4. The van der Waals surface area contributed by atoms with E-state index in [9.17, 15) is 9.59 Å². The largest absolute Gasteiger partial charge is 0.491 e. The molecule has 2 rings (SSSR count). The van der Waals surface area contributed by atoms with E-state index in [4.69, 9.17) is 9.84 Å². The highest BCUT2D eigenvalue weighted by molar-refractivity contribution is 5.87. The van der Waals surface area contributed by atoms with Crippen LogP contribution in [0, 0.1) is 0 Å². The molecule has 5 heteroatoms. The molecule has 1 saturated heterocycles. The molecule has 1 fully saturated rings. The minimum atomic E-state index is -0.935. The van der Waals surface area contributed by atoms with Gasteiger partial charge in [-0.25, -0.2) is 4.79 Å². The van der Waals surface area contributed by atoms with E-state index in [1.54, 1.807) is 0 Å². The van der Waals surface area contributed by atoms with Gasteiger partial charge in [0.1, 0.15) is 11.8 Å². The molecule has 1 unspecified atom stereocenters. The van der Waals surface area contributed by atoms with E-state index in [1.165, 1.54) is 4.90 Å². The van der Waals surface area contributed by atoms with Crippen molar-refractivity contribution in [3.8, 4) is 5.75 Å². The highest BCUT2D eigenvalue weighted by atomic mass is 16.5. The van der Waals surface area contributed by atoms with Gasteiger partial charge in [-0.3, -0.25) is 4.79 Å². The summed E-state index contributed by atoms with van der Waals surface area (Å²) in [6.07, 6.45) is 0.811. The molecule has 0 saturated carbocycles. The lowest BCUT2D eigenvalue weighted by atomic mass is 10.2. The van der Waals surface area contributed by atoms with Crippen molar-refractivity contribution in [2.75, 3.05) is 0 Å². The van der Waals surface area contributed by atoms with E-state index >= 15 is 0 Å². The summed E-state index contributed by atoms with van der Waals surface area (Å²) in [6.45, 7) is 4.24. The molecule has 0 aromatic heterocycles. The lowest BCUT2D eigenvalue weighted by Crippen LogP contribution is -2.37. The standard InChI is InChI=1S/C15H19NO4/c1-10(2)20-12-5-3-11(4-6-12)9-16-13(15(18)19)7-8-14(16)17/h3-6,10,13H,7-9H2,1-2H3,(H,18,19). The molecule has 1 aromatic rings. The van der Waals surface area contributed by atoms with Crippen LogP contribution in [-0.4, -0.2) is 34.0 Å². The number of carbonyl (C=O) groups excluding carboxylic acids is 1. The first-order chi connectivity index (χ1) is 9.47. The number of aliphatic carboxylic acids is 1. The average Bonchev–Trinajstić information content (AvgIpc) is 2.73. The smallest absolute Gasteiger partial charge is 0.326 e. The fraction of sp³-hybridized carbons (Fsp3) is 0.467. The second-order valence-corrected chi connectivity index (χ2v) is 5.22. The maximum absolute atomic E-state index is 11.7. The van der Waals surface area contributed by atoms with Gasteiger partial charge in [-0.05, 0) is 38.0 Å². The van der Waals surface area contributed by atoms with Crippen LogP contribution in [0.1, 0.15) is 32.3 Å². The molecule has 20 heavy (non-hydrogen) atoms. The Balaban J connectivity index is 2.05. The molecule has 5 nitrogen and oxygen atoms in total. The molecule has 0 bridgehead atoms. The molecule has 1 aliphatic rings. The van der Waals surface area contributed by atoms with Crippen LogP contribution in [0.5, 0.6) is 5.75 Å². The number of hydrogen-bond donors (Lipinski definition) is 1. The molecule has 1 aromatic carbocycles. The van der Waals surface area contributed by atoms with Crippen LogP contribution in [0.15, 0.2) is 24.3 Å². The minimum absolute atomic E-state index is 0.0973. The molecule has 1 aliphatic heterocycles. The summed E-state index contributed by atoms with van der Waals surface area (Å²) in [7, 11) is 0. The second-order valence-electron chi connectivity index (χ2n) is 5.22. The van der Waals surface area contributed by atoms with Gasteiger partial charge in [0, 0.05) is 13.0 Å². The number of rotatable bonds is 5. The zero-order chi connectivity index (χ0) is 14.7. The van der Waals surface area contributed by atoms with Crippen LogP contribution in [0.2, 0.25) is 0 Å². The summed E-state index contributed by atoms with van der Waals surface area (Å²) in [5.74, 6) is -0.262. The van der Waals surface area contributed by atoms with Crippen molar-refractivity contribution in [2.45, 2.75) is 45.4 Å². The van der Waals surface area contributed by atoms with Gasteiger partial charge in [0.25, 0.3) is 0 Å². The van der Waals surface area contributed by atoms with Crippen molar-refractivity contribution in [3.63, 3.8) is 0 Å². The number of amides is 1. The van der Waals surface area contributed by atoms with Gasteiger partial charge in [0.05, 0.1) is 6.10 Å². The van der Waals surface area contributed by atoms with Gasteiger partial charge in [-0.15, -0.1) is 0 Å². The Morgan fingerprint density at radius 2 is 2.05 bits per heavy atom. The Bertz CT molecular complexity index is 495. The van der Waals surface area contributed by atoms with Crippen molar-refractivity contribution < 1.29 is 19.4 Å². The predicted octanol–water partition coefficient (Wildman–Crippen LogP) is 2.05. The Kier molecular flexibility index (Phi) is 4.27. The first-order valence-corrected chi connectivity index (χ1v) is 6.75. The van der Waals surface area contributed by atoms with E-state index in [-0.39, 0.29) is 12.0 Å². The van der Waals surface area contributed by atoms with Gasteiger partial charge in [-0.1, -0.05) is 12.1 Å². The molecule has 0 aliphatic carbocycles. The van der Waals surface area contributed by atoms with E-state index < -0.39 is 12.0 Å². The summed E-state index contributed by atoms with van der Waals surface area (Å²) < 4.78 is 5.54. The van der Waals surface area contributed by atoms with Crippen molar-refractivity contribution >= 4 is 11.9 Å². The third-order valence-electron chi connectivity index (χ3n) is 3.26. The number of benzene rings is 1. The zero-order valence-corrected chi connectivity index (χ0v) is 11.7. The third-order valence-corrected chi connectivity index (χ3v) is 3.26. The number of carboxylic acids is 1. The highest BCUT2D eigenvalue weighted by Crippen LogP contribution is 2.22. The van der Waals surface area contributed by atoms with Crippen LogP contribution in [0.4, 0.5) is 0 Å². The molecule has 1 heterocycles. The van der Waals surface area contributed by atoms with Crippen LogP contribution < -0.4 is 4.74 Å². The normalized spacial score (nSPS) is 18.6. The number of hydrogen-bond acceptors (Lipinski definition) is 3. The minimum Gasteiger partial charge on any atom is -0.491 e. The van der Waals surface area contributed by atoms with Gasteiger partial charge in [-0.2, -0.15) is 0 Å². The summed E-state index contributed by atoms with van der Waals surface area (Å²) in [5.41, 5.74) is 0.905. The quantitative estimate of drug-likeness (QED) is 0.894. The number of likely N-dealkylation sites (tertiary alicyclic amines) is 1. The molecular formula is C15H19NO4. The maximum atomic E-state index is 11.7. The predicted molar refractivity (Wildman–Crippen MR) is 73.4 cm³/mol. The lowest BCUT2D eigenvalue weighted by molar-refractivity contribution is -0.146. The molecule has 1 amide bonds. The van der Waals surface area contributed by atoms with Gasteiger partial charge >= 0.3 is 5.97 Å². The average molecular weight is 277 g/mol. The lowest BCUT2D eigenvalue weighted by Gasteiger charge is -2.21. The first-order valence-electron chi connectivity index (χ1n) is 6.75. The fourth-order valence-electron chi connectivity index (χ4n) is 2.33. The molecule has 0 spiro atoms. The summed E-state index contributed by atoms with van der Waals surface area (Å²) in [4.78, 5) is 24.3. The van der Waals surface area contributed by atoms with Crippen molar-refractivity contribution in [3.05, 3.63) is 29.8 Å². The Labute approximate surface area is 118 Å². The highest BCUT2D eigenvalue weighted by Gasteiger charge is 2.35. The SMILES string of the molecule is CC(C)Oc1ccc(CN2C(=O)CCC2C(=O)O)cc1. The van der Waals surface area contributed by atoms with Crippen molar-refractivity contribution in [2.24, 2.45) is 0 Å². The maximum Gasteiger partial charge on any atom is 0.326 e. The van der Waals surface area contributed by atoms with E-state index in [1.807, 2.05) is 38.1 Å². The van der Waals surface area contributed by atoms with Crippen LogP contribution in [-0.2, 0) is 16.1 Å². The van der Waals surface area contributed by atoms with Gasteiger partial charge < -0.3 is 14.7 Å². The Morgan fingerprint density at radius 1 is 1.40 bits per heavy atom. The van der Waals surface area contributed by atoms with E-state index in [2.05, 4.69) is 0 Å². The van der Waals surface area contributed by atoms with Crippen molar-refractivity contribution in [1.29, 1.82) is 0 Å². The molecule has 1 N–H and O–H groups in total. The van der Waals surface area contributed by atoms with E-state index in [0.29, 0.717) is 19.4 Å². The molecule has 1 atom stereocenters. The second kappa shape index (κ2) is 5.94. The number of carbonyl (C=O) groups is 2. The van der Waals surface area contributed by atoms with Crippen LogP contribution in [0.3, 0.4) is 0 Å². The van der Waals surface area contributed by atoms with E-state index in [0.717, 1.165) is 11.3 Å². The number of carboxylic acid groups (broad SMARTS) is 1. The topological polar surface area (TPSA) is 66.8 Å². The van der Waals surface area contributed by atoms with Gasteiger partial charge in [0.2, 0.25) is 5.91 Å². The van der Waals surface area contributed by atoms with Crippen molar-refractivity contribution in [1.82, 2.24) is 4.90 Å². The Hall–Kier alpha value is -2.04. The summed E-state index contributed by atoms with van der Waals surface area (Å²) in [5, 5.41) is 9.11. The molecular weight excluding hydrogens is 258 g/mol. The van der Waals surface area contributed by atoms with Crippen LogP contribution in [0.25, 0.3) is 0 Å². The third kappa shape index (κ3) is 3.29. The number of nitrogens with zero attached hydrogens (tertiary/aromatic N) is 1. The van der Waals surface area contributed by atoms with Gasteiger partial charge in [0.15, 0.2) is 0 Å². The van der Waals surface area contributed by atoms with Crippen LogP contribution >= 0.6 is 0 Å². The Morgan fingerprint density at radius 3 is 2.60 bits per heavy atom. The fourth-order valence-corrected chi connectivity index (χ4v) is 2.33. The monoisotopic (exact) mass is 277 g/mol. The summed E-state index contributed by atoms with van der Waals surface area (Å²) >= 11 is 0. The summed E-state index contributed by atoms with van der Waals surface area (Å²) in [6, 6.07) is 6.70. The zero-order valence-electron chi connectivity index (χ0n) is 11.7. The number of ether oxygens (including phenoxy) is 1. The molecule has 0 radical (unpaired) electrons.